The molecule has 1 unspecified atom stereocenters. The maximum Gasteiger partial charge on any atom is 0.338 e. The lowest BCUT2D eigenvalue weighted by Crippen LogP contribution is -2.39. The number of fused-ring (bicyclic) bond motifs is 1. The maximum atomic E-state index is 13.5. The third kappa shape index (κ3) is 3.97. The molecule has 0 fully saturated rings. The first-order chi connectivity index (χ1) is 15.4. The van der Waals surface area contributed by atoms with Gasteiger partial charge in [-0.2, -0.15) is 0 Å². The number of aromatic hydroxyl groups is 1. The Morgan fingerprint density at radius 3 is 2.66 bits per heavy atom. The number of phenolic OH excluding ortho intramolecular Hbond substituents is 1. The molecule has 32 heavy (non-hydrogen) atoms. The number of phenols is 1. The zero-order chi connectivity index (χ0) is 22.8. The summed E-state index contributed by atoms with van der Waals surface area (Å²) in [6.45, 7) is 3.70. The minimum absolute atomic E-state index is 0.114. The second-order valence-corrected chi connectivity index (χ2v) is 8.18. The molecular weight excluding hydrogens is 428 g/mol. The fourth-order valence-corrected chi connectivity index (χ4v) is 4.71. The van der Waals surface area contributed by atoms with Gasteiger partial charge in [0.2, 0.25) is 0 Å². The van der Waals surface area contributed by atoms with Gasteiger partial charge in [0.25, 0.3) is 5.56 Å². The highest BCUT2D eigenvalue weighted by molar-refractivity contribution is 7.07. The third-order valence-electron chi connectivity index (χ3n) is 5.12. The number of aromatic nitrogens is 1. The summed E-state index contributed by atoms with van der Waals surface area (Å²) in [6, 6.07) is 13.2. The van der Waals surface area contributed by atoms with E-state index in [1.54, 1.807) is 63.4 Å². The molecule has 0 saturated carbocycles. The number of methoxy groups -OCH3 is 1. The van der Waals surface area contributed by atoms with E-state index in [9.17, 15) is 14.7 Å². The van der Waals surface area contributed by atoms with Crippen molar-refractivity contribution in [3.63, 3.8) is 0 Å². The molecule has 0 amide bonds. The highest BCUT2D eigenvalue weighted by atomic mass is 32.1. The Morgan fingerprint density at radius 1 is 1.25 bits per heavy atom. The van der Waals surface area contributed by atoms with Gasteiger partial charge < -0.3 is 14.6 Å². The molecule has 8 heteroatoms. The molecule has 3 aromatic rings. The van der Waals surface area contributed by atoms with Gasteiger partial charge in [-0.05, 0) is 55.3 Å². The third-order valence-corrected chi connectivity index (χ3v) is 6.10. The van der Waals surface area contributed by atoms with Crippen molar-refractivity contribution in [3.05, 3.63) is 90.6 Å². The van der Waals surface area contributed by atoms with Crippen molar-refractivity contribution in [1.29, 1.82) is 0 Å². The van der Waals surface area contributed by atoms with Crippen molar-refractivity contribution in [2.45, 2.75) is 19.9 Å². The first-order valence-electron chi connectivity index (χ1n) is 10.1. The molecular formula is C24H22N2O5S. The summed E-state index contributed by atoms with van der Waals surface area (Å²) in [5.74, 6) is 0.281. The zero-order valence-electron chi connectivity index (χ0n) is 17.9. The average Bonchev–Trinajstić information content (AvgIpc) is 3.07. The number of thiazole rings is 1. The number of rotatable bonds is 5. The van der Waals surface area contributed by atoms with Crippen molar-refractivity contribution in [1.82, 2.24) is 4.57 Å². The quantitative estimate of drug-likeness (QED) is 0.604. The molecule has 1 aliphatic heterocycles. The molecule has 164 valence electrons. The number of hydrogen-bond donors (Lipinski definition) is 1. The summed E-state index contributed by atoms with van der Waals surface area (Å²) in [5.41, 5.74) is 2.00. The summed E-state index contributed by atoms with van der Waals surface area (Å²) in [7, 11) is 1.58. The van der Waals surface area contributed by atoms with Crippen LogP contribution in [0.5, 0.6) is 11.5 Å². The first kappa shape index (κ1) is 21.6. The van der Waals surface area contributed by atoms with Gasteiger partial charge in [0.05, 0.1) is 35.6 Å². The van der Waals surface area contributed by atoms with Crippen LogP contribution in [0.4, 0.5) is 0 Å². The van der Waals surface area contributed by atoms with Gasteiger partial charge in [0, 0.05) is 0 Å². The summed E-state index contributed by atoms with van der Waals surface area (Å²) in [4.78, 5) is 31.4. The summed E-state index contributed by atoms with van der Waals surface area (Å²) < 4.78 is 12.5. The Balaban J connectivity index is 1.94. The Kier molecular flexibility index (Phi) is 5.96. The Labute approximate surface area is 188 Å². The number of carbonyl (C=O) groups excluding carboxylic acids is 1. The Morgan fingerprint density at radius 2 is 2.00 bits per heavy atom. The number of nitrogens with zero attached hydrogens (tertiary/aromatic N) is 2. The van der Waals surface area contributed by atoms with Crippen LogP contribution in [0.1, 0.15) is 31.0 Å². The zero-order valence-corrected chi connectivity index (χ0v) is 18.7. The lowest BCUT2D eigenvalue weighted by Gasteiger charge is -2.24. The average molecular weight is 451 g/mol. The predicted octanol–water partition coefficient (Wildman–Crippen LogP) is 2.51. The number of esters is 1. The van der Waals surface area contributed by atoms with Crippen molar-refractivity contribution in [2.75, 3.05) is 13.7 Å². The molecule has 0 radical (unpaired) electrons. The van der Waals surface area contributed by atoms with Crippen LogP contribution in [0.3, 0.4) is 0 Å². The van der Waals surface area contributed by atoms with Gasteiger partial charge in [-0.3, -0.25) is 9.36 Å². The van der Waals surface area contributed by atoms with Crippen LogP contribution in [0, 0.1) is 0 Å². The van der Waals surface area contributed by atoms with Gasteiger partial charge in [-0.25, -0.2) is 9.79 Å². The van der Waals surface area contributed by atoms with Crippen LogP contribution < -0.4 is 19.6 Å². The van der Waals surface area contributed by atoms with Crippen molar-refractivity contribution in [2.24, 2.45) is 4.99 Å². The van der Waals surface area contributed by atoms with E-state index in [4.69, 9.17) is 9.47 Å². The minimum Gasteiger partial charge on any atom is -0.508 e. The smallest absolute Gasteiger partial charge is 0.338 e. The SMILES string of the molecule is CCOC(=O)C1=C(C)N=c2sc(=Cc3cccc(O)c3)c(=O)n2C1c1ccc(OC)cc1. The molecule has 0 spiro atoms. The second-order valence-electron chi connectivity index (χ2n) is 7.17. The van der Waals surface area contributed by atoms with Crippen LogP contribution in [-0.2, 0) is 9.53 Å². The molecule has 1 N–H and O–H groups in total. The van der Waals surface area contributed by atoms with E-state index in [0.717, 1.165) is 5.56 Å². The molecule has 1 aliphatic rings. The van der Waals surface area contributed by atoms with Crippen molar-refractivity contribution >= 4 is 23.4 Å². The van der Waals surface area contributed by atoms with E-state index in [0.29, 0.717) is 31.9 Å². The van der Waals surface area contributed by atoms with Crippen LogP contribution >= 0.6 is 11.3 Å². The molecule has 2 heterocycles. The number of ether oxygens (including phenoxy) is 2. The lowest BCUT2D eigenvalue weighted by molar-refractivity contribution is -0.139. The maximum absolute atomic E-state index is 13.5. The highest BCUT2D eigenvalue weighted by Gasteiger charge is 2.33. The largest absolute Gasteiger partial charge is 0.508 e. The predicted molar refractivity (Wildman–Crippen MR) is 121 cm³/mol. The monoisotopic (exact) mass is 450 g/mol. The van der Waals surface area contributed by atoms with Crippen molar-refractivity contribution in [3.8, 4) is 11.5 Å². The van der Waals surface area contributed by atoms with Crippen LogP contribution in [0.2, 0.25) is 0 Å². The summed E-state index contributed by atoms with van der Waals surface area (Å²) in [6.07, 6.45) is 1.71. The molecule has 0 bridgehead atoms. The summed E-state index contributed by atoms with van der Waals surface area (Å²) in [5, 5.41) is 9.75. The lowest BCUT2D eigenvalue weighted by atomic mass is 9.96. The Bertz CT molecular complexity index is 1380. The van der Waals surface area contributed by atoms with E-state index < -0.39 is 12.0 Å². The Hall–Kier alpha value is -3.65. The van der Waals surface area contributed by atoms with Gasteiger partial charge in [-0.15, -0.1) is 0 Å². The molecule has 4 rings (SSSR count). The molecule has 0 saturated heterocycles. The molecule has 1 atom stereocenters. The molecule has 7 nitrogen and oxygen atoms in total. The minimum atomic E-state index is -0.678. The van der Waals surface area contributed by atoms with Gasteiger partial charge in [-0.1, -0.05) is 35.6 Å². The fraction of sp³-hybridized carbons (Fsp3) is 0.208. The van der Waals surface area contributed by atoms with Crippen LogP contribution in [0.25, 0.3) is 6.08 Å². The van der Waals surface area contributed by atoms with Gasteiger partial charge in [0.15, 0.2) is 4.80 Å². The van der Waals surface area contributed by atoms with Crippen LogP contribution in [0.15, 0.2) is 69.6 Å². The molecule has 1 aromatic heterocycles. The van der Waals surface area contributed by atoms with Crippen molar-refractivity contribution < 1.29 is 19.4 Å². The van der Waals surface area contributed by atoms with E-state index in [1.807, 2.05) is 12.1 Å². The second kappa shape index (κ2) is 8.84. The summed E-state index contributed by atoms with van der Waals surface area (Å²) >= 11 is 1.24. The standard InChI is InChI=1S/C24H22N2O5S/c1-4-31-23(29)20-14(2)25-24-26(21(20)16-8-10-18(30-3)11-9-16)22(28)19(32-24)13-15-6-5-7-17(27)12-15/h5-13,21,27H,4H2,1-3H3. The van der Waals surface area contributed by atoms with E-state index in [-0.39, 0.29) is 17.9 Å². The van der Waals surface area contributed by atoms with Crippen LogP contribution in [-0.4, -0.2) is 29.4 Å². The highest BCUT2D eigenvalue weighted by Crippen LogP contribution is 2.31. The number of benzene rings is 2. The van der Waals surface area contributed by atoms with E-state index >= 15 is 0 Å². The molecule has 2 aromatic carbocycles. The molecule has 0 aliphatic carbocycles. The number of carbonyl (C=O) groups is 1. The normalized spacial score (nSPS) is 15.8. The van der Waals surface area contributed by atoms with Gasteiger partial charge in [0.1, 0.15) is 11.5 Å². The fourth-order valence-electron chi connectivity index (χ4n) is 3.66. The number of allylic oxidation sites excluding steroid dienone is 1. The van der Waals surface area contributed by atoms with E-state index in [2.05, 4.69) is 4.99 Å². The van der Waals surface area contributed by atoms with E-state index in [1.165, 1.54) is 15.9 Å². The topological polar surface area (TPSA) is 90.1 Å². The first-order valence-corrected chi connectivity index (χ1v) is 10.9. The number of hydrogen-bond acceptors (Lipinski definition) is 7. The van der Waals surface area contributed by atoms with Gasteiger partial charge >= 0.3 is 5.97 Å².